The SMILES string of the molecule is CC(N)CN1CC(=O)Nc2ccc(C(=O)O)cc21. The summed E-state index contributed by atoms with van der Waals surface area (Å²) >= 11 is 0. The standard InChI is InChI=1S/C12H15N3O3/c1-7(13)5-15-6-11(16)14-9-3-2-8(12(17)18)4-10(9)15/h2-4,7H,5-6,13H2,1H3,(H,14,16)(H,17,18). The van der Waals surface area contributed by atoms with Crippen molar-refractivity contribution in [2.24, 2.45) is 5.73 Å². The maximum atomic E-state index is 11.5. The number of nitrogens with two attached hydrogens (primary N) is 1. The van der Waals surface area contributed by atoms with E-state index in [0.29, 0.717) is 17.9 Å². The average Bonchev–Trinajstić information content (AvgIpc) is 2.27. The number of amides is 1. The van der Waals surface area contributed by atoms with Gasteiger partial charge in [-0.3, -0.25) is 4.79 Å². The number of hydrogen-bond donors (Lipinski definition) is 3. The van der Waals surface area contributed by atoms with Crippen LogP contribution in [-0.4, -0.2) is 36.1 Å². The molecule has 0 aliphatic carbocycles. The van der Waals surface area contributed by atoms with E-state index >= 15 is 0 Å². The Labute approximate surface area is 104 Å². The fraction of sp³-hybridized carbons (Fsp3) is 0.333. The smallest absolute Gasteiger partial charge is 0.335 e. The number of carbonyl (C=O) groups excluding carboxylic acids is 1. The molecule has 1 aliphatic heterocycles. The molecule has 0 saturated carbocycles. The van der Waals surface area contributed by atoms with E-state index in [1.54, 1.807) is 17.0 Å². The van der Waals surface area contributed by atoms with Crippen molar-refractivity contribution in [2.75, 3.05) is 23.3 Å². The minimum absolute atomic E-state index is 0.0998. The molecule has 4 N–H and O–H groups in total. The minimum Gasteiger partial charge on any atom is -0.478 e. The number of benzene rings is 1. The van der Waals surface area contributed by atoms with Crippen LogP contribution in [-0.2, 0) is 4.79 Å². The summed E-state index contributed by atoms with van der Waals surface area (Å²) in [5.74, 6) is -1.11. The van der Waals surface area contributed by atoms with Gasteiger partial charge in [-0.05, 0) is 25.1 Å². The van der Waals surface area contributed by atoms with Crippen molar-refractivity contribution in [3.8, 4) is 0 Å². The van der Waals surface area contributed by atoms with Gasteiger partial charge in [-0.2, -0.15) is 0 Å². The molecule has 1 aliphatic rings. The van der Waals surface area contributed by atoms with Crippen molar-refractivity contribution in [1.82, 2.24) is 0 Å². The number of carboxylic acids is 1. The van der Waals surface area contributed by atoms with Crippen LogP contribution in [0.2, 0.25) is 0 Å². The number of nitrogens with zero attached hydrogens (tertiary/aromatic N) is 1. The lowest BCUT2D eigenvalue weighted by Crippen LogP contribution is -2.43. The number of rotatable bonds is 3. The van der Waals surface area contributed by atoms with Crippen LogP contribution < -0.4 is 16.0 Å². The predicted octanol–water partition coefficient (Wildman–Crippen LogP) is 0.491. The second-order valence-corrected chi connectivity index (χ2v) is 4.44. The number of anilines is 2. The van der Waals surface area contributed by atoms with Gasteiger partial charge >= 0.3 is 5.97 Å². The number of aromatic carboxylic acids is 1. The van der Waals surface area contributed by atoms with Crippen molar-refractivity contribution in [2.45, 2.75) is 13.0 Å². The first-order valence-electron chi connectivity index (χ1n) is 5.65. The average molecular weight is 249 g/mol. The minimum atomic E-state index is -0.990. The molecular formula is C12H15N3O3. The second-order valence-electron chi connectivity index (χ2n) is 4.44. The zero-order chi connectivity index (χ0) is 13.3. The molecule has 96 valence electrons. The highest BCUT2D eigenvalue weighted by molar-refractivity contribution is 6.02. The van der Waals surface area contributed by atoms with E-state index in [1.807, 2.05) is 6.92 Å². The third-order valence-electron chi connectivity index (χ3n) is 2.70. The summed E-state index contributed by atoms with van der Waals surface area (Å²) in [6.07, 6.45) is 0. The second kappa shape index (κ2) is 4.66. The van der Waals surface area contributed by atoms with Gasteiger partial charge in [0.15, 0.2) is 0 Å². The van der Waals surface area contributed by atoms with Crippen LogP contribution in [0.3, 0.4) is 0 Å². The molecule has 1 aromatic rings. The molecule has 1 unspecified atom stereocenters. The summed E-state index contributed by atoms with van der Waals surface area (Å²) in [7, 11) is 0. The van der Waals surface area contributed by atoms with E-state index in [1.165, 1.54) is 6.07 Å². The normalized spacial score (nSPS) is 15.9. The highest BCUT2D eigenvalue weighted by Crippen LogP contribution is 2.30. The third-order valence-corrected chi connectivity index (χ3v) is 2.70. The van der Waals surface area contributed by atoms with Gasteiger partial charge in [-0.1, -0.05) is 0 Å². The Balaban J connectivity index is 2.40. The number of nitrogens with one attached hydrogen (secondary N) is 1. The van der Waals surface area contributed by atoms with Gasteiger partial charge < -0.3 is 21.1 Å². The maximum absolute atomic E-state index is 11.5. The quantitative estimate of drug-likeness (QED) is 0.724. The van der Waals surface area contributed by atoms with Crippen molar-refractivity contribution >= 4 is 23.3 Å². The third kappa shape index (κ3) is 2.43. The van der Waals surface area contributed by atoms with Crippen molar-refractivity contribution in [3.63, 3.8) is 0 Å². The summed E-state index contributed by atoms with van der Waals surface area (Å²) in [5.41, 5.74) is 7.25. The molecule has 1 aromatic carbocycles. The van der Waals surface area contributed by atoms with E-state index in [4.69, 9.17) is 10.8 Å². The summed E-state index contributed by atoms with van der Waals surface area (Å²) < 4.78 is 0. The van der Waals surface area contributed by atoms with Crippen molar-refractivity contribution in [3.05, 3.63) is 23.8 Å². The number of carboxylic acid groups (broad SMARTS) is 1. The van der Waals surface area contributed by atoms with Gasteiger partial charge in [-0.15, -0.1) is 0 Å². The lowest BCUT2D eigenvalue weighted by atomic mass is 10.1. The van der Waals surface area contributed by atoms with E-state index in [2.05, 4.69) is 5.32 Å². The van der Waals surface area contributed by atoms with Gasteiger partial charge in [0, 0.05) is 12.6 Å². The lowest BCUT2D eigenvalue weighted by molar-refractivity contribution is -0.115. The van der Waals surface area contributed by atoms with Crippen molar-refractivity contribution < 1.29 is 14.7 Å². The number of carbonyl (C=O) groups is 2. The molecule has 6 heteroatoms. The molecule has 0 spiro atoms. The van der Waals surface area contributed by atoms with Gasteiger partial charge in [0.25, 0.3) is 0 Å². The molecule has 2 rings (SSSR count). The van der Waals surface area contributed by atoms with Gasteiger partial charge in [0.1, 0.15) is 0 Å². The Morgan fingerprint density at radius 1 is 1.61 bits per heavy atom. The lowest BCUT2D eigenvalue weighted by Gasteiger charge is -2.32. The molecule has 0 bridgehead atoms. The zero-order valence-corrected chi connectivity index (χ0v) is 10.0. The number of fused-ring (bicyclic) bond motifs is 1. The fourth-order valence-corrected chi connectivity index (χ4v) is 1.99. The molecule has 0 aromatic heterocycles. The van der Waals surface area contributed by atoms with Gasteiger partial charge in [0.2, 0.25) is 5.91 Å². The largest absolute Gasteiger partial charge is 0.478 e. The first-order chi connectivity index (χ1) is 8.47. The Kier molecular flexibility index (Phi) is 3.20. The molecule has 1 heterocycles. The highest BCUT2D eigenvalue weighted by atomic mass is 16.4. The number of hydrogen-bond acceptors (Lipinski definition) is 4. The maximum Gasteiger partial charge on any atom is 0.335 e. The summed E-state index contributed by atoms with van der Waals surface area (Å²) in [5, 5.41) is 11.7. The van der Waals surface area contributed by atoms with Crippen LogP contribution >= 0.6 is 0 Å². The van der Waals surface area contributed by atoms with Crippen LogP contribution in [0.15, 0.2) is 18.2 Å². The molecule has 0 saturated heterocycles. The van der Waals surface area contributed by atoms with E-state index in [9.17, 15) is 9.59 Å². The van der Waals surface area contributed by atoms with Crippen LogP contribution in [0.4, 0.5) is 11.4 Å². The Bertz CT molecular complexity index is 499. The highest BCUT2D eigenvalue weighted by Gasteiger charge is 2.23. The fourth-order valence-electron chi connectivity index (χ4n) is 1.99. The first kappa shape index (κ1) is 12.4. The predicted molar refractivity (Wildman–Crippen MR) is 67.9 cm³/mol. The summed E-state index contributed by atoms with van der Waals surface area (Å²) in [4.78, 5) is 24.3. The van der Waals surface area contributed by atoms with Crippen LogP contribution in [0, 0.1) is 0 Å². The molecule has 1 atom stereocenters. The Hall–Kier alpha value is -2.08. The molecule has 0 radical (unpaired) electrons. The monoisotopic (exact) mass is 249 g/mol. The molecule has 0 fully saturated rings. The Morgan fingerprint density at radius 2 is 2.33 bits per heavy atom. The summed E-state index contributed by atoms with van der Waals surface area (Å²) in [6, 6.07) is 4.53. The van der Waals surface area contributed by atoms with Crippen LogP contribution in [0.25, 0.3) is 0 Å². The molecule has 6 nitrogen and oxygen atoms in total. The van der Waals surface area contributed by atoms with Crippen LogP contribution in [0.1, 0.15) is 17.3 Å². The van der Waals surface area contributed by atoms with E-state index < -0.39 is 5.97 Å². The van der Waals surface area contributed by atoms with Gasteiger partial charge in [-0.25, -0.2) is 4.79 Å². The van der Waals surface area contributed by atoms with E-state index in [0.717, 1.165) is 0 Å². The molecule has 18 heavy (non-hydrogen) atoms. The van der Waals surface area contributed by atoms with Crippen LogP contribution in [0.5, 0.6) is 0 Å². The van der Waals surface area contributed by atoms with E-state index in [-0.39, 0.29) is 24.1 Å². The topological polar surface area (TPSA) is 95.7 Å². The van der Waals surface area contributed by atoms with Crippen molar-refractivity contribution in [1.29, 1.82) is 0 Å². The zero-order valence-electron chi connectivity index (χ0n) is 10.0. The first-order valence-corrected chi connectivity index (χ1v) is 5.65. The van der Waals surface area contributed by atoms with Gasteiger partial charge in [0.05, 0.1) is 23.5 Å². The Morgan fingerprint density at radius 3 is 2.94 bits per heavy atom. The summed E-state index contributed by atoms with van der Waals surface area (Å²) in [6.45, 7) is 2.54. The molecule has 1 amide bonds. The molecular weight excluding hydrogens is 234 g/mol.